The second-order valence-corrected chi connectivity index (χ2v) is 7.04. The van der Waals surface area contributed by atoms with Crippen molar-refractivity contribution >= 4 is 28.5 Å². The fraction of sp³-hybridized carbons (Fsp3) is 0.316. The zero-order chi connectivity index (χ0) is 19.1. The number of aromatic nitrogens is 3. The Morgan fingerprint density at radius 2 is 2.19 bits per heavy atom. The Morgan fingerprint density at radius 3 is 2.93 bits per heavy atom. The molecule has 27 heavy (non-hydrogen) atoms. The van der Waals surface area contributed by atoms with Crippen LogP contribution in [0, 0.1) is 0 Å². The molecule has 1 N–H and O–H groups in total. The first kappa shape index (κ1) is 17.8. The molecule has 0 fully saturated rings. The first-order valence-electron chi connectivity index (χ1n) is 8.59. The summed E-state index contributed by atoms with van der Waals surface area (Å²) in [6.45, 7) is 4.58. The largest absolute Gasteiger partial charge is 0.480 e. The van der Waals surface area contributed by atoms with Gasteiger partial charge in [-0.3, -0.25) is 4.79 Å². The summed E-state index contributed by atoms with van der Waals surface area (Å²) in [7, 11) is 1.53. The van der Waals surface area contributed by atoms with E-state index in [2.05, 4.69) is 15.0 Å². The van der Waals surface area contributed by atoms with Crippen LogP contribution < -0.4 is 4.74 Å². The summed E-state index contributed by atoms with van der Waals surface area (Å²) in [6, 6.07) is 5.43. The van der Waals surface area contributed by atoms with E-state index in [4.69, 9.17) is 21.1 Å². The molecule has 1 aromatic carbocycles. The number of nitrogens with zero attached hydrogens (tertiary/aromatic N) is 3. The van der Waals surface area contributed by atoms with Crippen molar-refractivity contribution in [2.45, 2.75) is 26.5 Å². The molecule has 2 aromatic heterocycles. The van der Waals surface area contributed by atoms with Crippen molar-refractivity contribution in [2.24, 2.45) is 0 Å². The first-order valence-corrected chi connectivity index (χ1v) is 8.97. The minimum absolute atomic E-state index is 0.0485. The number of amides is 1. The van der Waals surface area contributed by atoms with Gasteiger partial charge in [0.05, 0.1) is 35.3 Å². The van der Waals surface area contributed by atoms with Gasteiger partial charge < -0.3 is 19.4 Å². The smallest absolute Gasteiger partial charge is 0.256 e. The summed E-state index contributed by atoms with van der Waals surface area (Å²) in [5, 5.41) is 0.480. The predicted octanol–water partition coefficient (Wildman–Crippen LogP) is 3.63. The highest BCUT2D eigenvalue weighted by Gasteiger charge is 2.26. The van der Waals surface area contributed by atoms with Gasteiger partial charge in [-0.25, -0.2) is 9.97 Å². The van der Waals surface area contributed by atoms with E-state index in [0.717, 1.165) is 11.1 Å². The van der Waals surface area contributed by atoms with Crippen LogP contribution in [0.15, 0.2) is 24.4 Å². The number of benzene rings is 1. The van der Waals surface area contributed by atoms with Crippen LogP contribution in [0.2, 0.25) is 5.02 Å². The average molecular weight is 387 g/mol. The molecule has 1 aliphatic rings. The quantitative estimate of drug-likeness (QED) is 0.743. The van der Waals surface area contributed by atoms with Crippen LogP contribution in [-0.4, -0.2) is 45.6 Å². The molecule has 4 rings (SSSR count). The number of carbonyl (C=O) groups excluding carboxylic acids is 1. The van der Waals surface area contributed by atoms with Gasteiger partial charge in [-0.2, -0.15) is 0 Å². The van der Waals surface area contributed by atoms with Crippen molar-refractivity contribution < 1.29 is 14.3 Å². The van der Waals surface area contributed by atoms with Crippen molar-refractivity contribution in [3.63, 3.8) is 0 Å². The zero-order valence-corrected chi connectivity index (χ0v) is 16.0. The Hall–Kier alpha value is -2.64. The molecule has 7 nitrogen and oxygen atoms in total. The Balaban J connectivity index is 1.85. The standard InChI is InChI=1S/C19H19ClN4O3/c1-10(2)24-9-27-8-11-6-14-15(7-12(11)19(24)25)23-17(22-14)16-13(20)4-5-21-18(16)26-3/h4-7,10H,8-9H2,1-3H3,(H,22,23). The molecule has 3 heterocycles. The number of nitrogens with one attached hydrogen (secondary N) is 1. The fourth-order valence-corrected chi connectivity index (χ4v) is 3.41. The Kier molecular flexibility index (Phi) is 4.49. The molecule has 0 aliphatic carbocycles. The van der Waals surface area contributed by atoms with E-state index in [-0.39, 0.29) is 18.7 Å². The van der Waals surface area contributed by atoms with E-state index >= 15 is 0 Å². The maximum atomic E-state index is 12.9. The number of hydrogen-bond acceptors (Lipinski definition) is 5. The Labute approximate surface area is 161 Å². The second kappa shape index (κ2) is 6.83. The van der Waals surface area contributed by atoms with Gasteiger partial charge in [0.15, 0.2) is 0 Å². The lowest BCUT2D eigenvalue weighted by atomic mass is 10.1. The van der Waals surface area contributed by atoms with Gasteiger partial charge in [-0.05, 0) is 37.6 Å². The number of carbonyl (C=O) groups is 1. The van der Waals surface area contributed by atoms with Crippen LogP contribution in [0.25, 0.3) is 22.4 Å². The van der Waals surface area contributed by atoms with E-state index < -0.39 is 0 Å². The number of methoxy groups -OCH3 is 1. The lowest BCUT2D eigenvalue weighted by molar-refractivity contribution is 0.0133. The van der Waals surface area contributed by atoms with Crippen LogP contribution in [-0.2, 0) is 11.3 Å². The lowest BCUT2D eigenvalue weighted by Crippen LogP contribution is -2.37. The molecule has 0 radical (unpaired) electrons. The molecule has 3 aromatic rings. The Morgan fingerprint density at radius 1 is 1.37 bits per heavy atom. The molecule has 0 saturated heterocycles. The van der Waals surface area contributed by atoms with Gasteiger partial charge in [-0.1, -0.05) is 11.6 Å². The van der Waals surface area contributed by atoms with Crippen molar-refractivity contribution in [3.05, 3.63) is 40.5 Å². The molecular weight excluding hydrogens is 368 g/mol. The van der Waals surface area contributed by atoms with Gasteiger partial charge in [0.25, 0.3) is 5.91 Å². The third kappa shape index (κ3) is 3.02. The monoisotopic (exact) mass is 386 g/mol. The van der Waals surface area contributed by atoms with Gasteiger partial charge >= 0.3 is 0 Å². The lowest BCUT2D eigenvalue weighted by Gasteiger charge is -2.24. The topological polar surface area (TPSA) is 80.3 Å². The highest BCUT2D eigenvalue weighted by Crippen LogP contribution is 2.34. The minimum Gasteiger partial charge on any atom is -0.480 e. The van der Waals surface area contributed by atoms with Crippen molar-refractivity contribution in [3.8, 4) is 17.3 Å². The third-order valence-corrected chi connectivity index (χ3v) is 4.92. The summed E-state index contributed by atoms with van der Waals surface area (Å²) in [6.07, 6.45) is 1.58. The van der Waals surface area contributed by atoms with Crippen molar-refractivity contribution in [1.29, 1.82) is 0 Å². The fourth-order valence-electron chi connectivity index (χ4n) is 3.18. The summed E-state index contributed by atoms with van der Waals surface area (Å²) in [5.41, 5.74) is 3.48. The molecule has 0 atom stereocenters. The van der Waals surface area contributed by atoms with Gasteiger partial charge in [0.2, 0.25) is 5.88 Å². The van der Waals surface area contributed by atoms with E-state index in [1.807, 2.05) is 19.9 Å². The van der Waals surface area contributed by atoms with E-state index in [9.17, 15) is 4.79 Å². The first-order chi connectivity index (χ1) is 13.0. The number of aromatic amines is 1. The minimum atomic E-state index is -0.0547. The molecule has 1 aliphatic heterocycles. The van der Waals surface area contributed by atoms with Gasteiger partial charge in [-0.15, -0.1) is 0 Å². The zero-order valence-electron chi connectivity index (χ0n) is 15.2. The van der Waals surface area contributed by atoms with Crippen LogP contribution >= 0.6 is 11.6 Å². The number of imidazole rings is 1. The number of hydrogen-bond donors (Lipinski definition) is 1. The predicted molar refractivity (Wildman–Crippen MR) is 102 cm³/mol. The van der Waals surface area contributed by atoms with Crippen LogP contribution in [0.5, 0.6) is 5.88 Å². The molecule has 1 amide bonds. The summed E-state index contributed by atoms with van der Waals surface area (Å²) < 4.78 is 11.0. The van der Waals surface area contributed by atoms with Crippen molar-refractivity contribution in [1.82, 2.24) is 19.9 Å². The average Bonchev–Trinajstić information content (AvgIpc) is 2.98. The molecular formula is C19H19ClN4O3. The summed E-state index contributed by atoms with van der Waals surface area (Å²) in [4.78, 5) is 26.7. The highest BCUT2D eigenvalue weighted by molar-refractivity contribution is 6.33. The summed E-state index contributed by atoms with van der Waals surface area (Å²) >= 11 is 6.34. The van der Waals surface area contributed by atoms with E-state index in [1.165, 1.54) is 7.11 Å². The van der Waals surface area contributed by atoms with Gasteiger partial charge in [0.1, 0.15) is 12.6 Å². The number of H-pyrrole nitrogens is 1. The molecule has 0 unspecified atom stereocenters. The number of pyridine rings is 1. The molecule has 0 saturated carbocycles. The number of halogens is 1. The number of fused-ring (bicyclic) bond motifs is 2. The van der Waals surface area contributed by atoms with Crippen LogP contribution in [0.4, 0.5) is 0 Å². The normalized spacial score (nSPS) is 14.6. The molecule has 8 heteroatoms. The Bertz CT molecular complexity index is 1030. The molecule has 140 valence electrons. The second-order valence-electron chi connectivity index (χ2n) is 6.64. The highest BCUT2D eigenvalue weighted by atomic mass is 35.5. The molecule has 0 spiro atoms. The van der Waals surface area contributed by atoms with Crippen molar-refractivity contribution in [2.75, 3.05) is 13.8 Å². The SMILES string of the molecule is COc1nccc(Cl)c1-c1nc2cc3c(cc2[nH]1)COCN(C(C)C)C3=O. The van der Waals surface area contributed by atoms with E-state index in [1.54, 1.807) is 23.2 Å². The maximum Gasteiger partial charge on any atom is 0.256 e. The van der Waals surface area contributed by atoms with Crippen LogP contribution in [0.1, 0.15) is 29.8 Å². The molecule has 0 bridgehead atoms. The van der Waals surface area contributed by atoms with E-state index in [0.29, 0.717) is 40.0 Å². The maximum absolute atomic E-state index is 12.9. The summed E-state index contributed by atoms with van der Waals surface area (Å²) in [5.74, 6) is 0.864. The number of ether oxygens (including phenoxy) is 2. The van der Waals surface area contributed by atoms with Gasteiger partial charge in [0, 0.05) is 17.8 Å². The van der Waals surface area contributed by atoms with Crippen LogP contribution in [0.3, 0.4) is 0 Å². The third-order valence-electron chi connectivity index (χ3n) is 4.60. The number of rotatable bonds is 3.